The van der Waals surface area contributed by atoms with Gasteiger partial charge in [-0.15, -0.1) is 0 Å². The van der Waals surface area contributed by atoms with Crippen LogP contribution in [0.3, 0.4) is 0 Å². The fraction of sp³-hybridized carbons (Fsp3) is 0.500. The Hall–Kier alpha value is -2.63. The van der Waals surface area contributed by atoms with Crippen molar-refractivity contribution in [2.24, 2.45) is 0 Å². The van der Waals surface area contributed by atoms with Gasteiger partial charge in [0.05, 0.1) is 0 Å². The Balaban J connectivity index is 1.76. The Kier molecular flexibility index (Phi) is 5.87. The van der Waals surface area contributed by atoms with Crippen molar-refractivity contribution in [3.05, 3.63) is 53.0 Å². The van der Waals surface area contributed by atoms with Crippen LogP contribution in [0.4, 0.5) is 10.6 Å². The molecule has 1 aliphatic rings. The molecule has 150 valence electrons. The van der Waals surface area contributed by atoms with E-state index in [9.17, 15) is 4.79 Å². The summed E-state index contributed by atoms with van der Waals surface area (Å²) in [6, 6.07) is 10.4. The fourth-order valence-electron chi connectivity index (χ4n) is 3.51. The lowest BCUT2D eigenvalue weighted by Crippen LogP contribution is -2.55. The van der Waals surface area contributed by atoms with E-state index < -0.39 is 0 Å². The smallest absolute Gasteiger partial charge is 0.317 e. The molecule has 1 N–H and O–H groups in total. The Morgan fingerprint density at radius 1 is 1.04 bits per heavy atom. The first-order chi connectivity index (χ1) is 13.2. The molecule has 0 atom stereocenters. The highest BCUT2D eigenvalue weighted by Crippen LogP contribution is 2.25. The first-order valence-corrected chi connectivity index (χ1v) is 9.93. The topological polar surface area (TPSA) is 61.4 Å². The first kappa shape index (κ1) is 20.1. The Morgan fingerprint density at radius 2 is 1.68 bits per heavy atom. The zero-order valence-electron chi connectivity index (χ0n) is 17.6. The molecule has 2 amide bonds. The molecule has 3 rings (SSSR count). The molecule has 1 aromatic heterocycles. The number of piperazine rings is 1. The van der Waals surface area contributed by atoms with E-state index in [0.29, 0.717) is 13.1 Å². The quantitative estimate of drug-likeness (QED) is 0.886. The van der Waals surface area contributed by atoms with Gasteiger partial charge in [0.25, 0.3) is 0 Å². The molecule has 0 unspecified atom stereocenters. The molecular formula is C22H31N5O. The molecule has 0 spiro atoms. The number of hydrogen-bond acceptors (Lipinski definition) is 4. The zero-order valence-corrected chi connectivity index (χ0v) is 17.6. The molecule has 0 saturated carbocycles. The second-order valence-corrected chi connectivity index (χ2v) is 8.48. The number of urea groups is 1. The minimum absolute atomic E-state index is 0.00621. The Labute approximate surface area is 168 Å². The van der Waals surface area contributed by atoms with E-state index in [0.717, 1.165) is 36.8 Å². The number of nitrogens with one attached hydrogen (secondary N) is 1. The van der Waals surface area contributed by atoms with Crippen LogP contribution in [0.2, 0.25) is 0 Å². The summed E-state index contributed by atoms with van der Waals surface area (Å²) in [6.07, 6.45) is 0.813. The van der Waals surface area contributed by atoms with Gasteiger partial charge >= 0.3 is 6.03 Å². The zero-order chi connectivity index (χ0) is 20.3. The monoisotopic (exact) mass is 381 g/mol. The third-order valence-electron chi connectivity index (χ3n) is 4.88. The standard InChI is InChI=1S/C22H31N5O/c1-16-19(15-18-9-7-6-8-10-18)20(24-17(2)23-16)26-11-13-27(14-12-26)21(28)25-22(3,4)5/h6-10H,11-15H2,1-5H3,(H,25,28). The lowest BCUT2D eigenvalue weighted by atomic mass is 10.0. The van der Waals surface area contributed by atoms with E-state index in [1.807, 2.05) is 38.7 Å². The van der Waals surface area contributed by atoms with Gasteiger partial charge < -0.3 is 15.1 Å². The number of carbonyl (C=O) groups excluding carboxylic acids is 1. The van der Waals surface area contributed by atoms with Gasteiger partial charge in [0, 0.05) is 49.4 Å². The highest BCUT2D eigenvalue weighted by atomic mass is 16.2. The van der Waals surface area contributed by atoms with Crippen molar-refractivity contribution in [2.75, 3.05) is 31.1 Å². The van der Waals surface area contributed by atoms with Crippen molar-refractivity contribution in [3.8, 4) is 0 Å². The second-order valence-electron chi connectivity index (χ2n) is 8.48. The summed E-state index contributed by atoms with van der Waals surface area (Å²) < 4.78 is 0. The van der Waals surface area contributed by atoms with E-state index >= 15 is 0 Å². The van der Waals surface area contributed by atoms with E-state index in [1.165, 1.54) is 11.1 Å². The average molecular weight is 382 g/mol. The van der Waals surface area contributed by atoms with Crippen molar-refractivity contribution in [1.82, 2.24) is 20.2 Å². The van der Waals surface area contributed by atoms with E-state index in [-0.39, 0.29) is 11.6 Å². The molecule has 6 heteroatoms. The van der Waals surface area contributed by atoms with Gasteiger partial charge in [0.2, 0.25) is 0 Å². The number of hydrogen-bond donors (Lipinski definition) is 1. The molecule has 28 heavy (non-hydrogen) atoms. The van der Waals surface area contributed by atoms with Crippen molar-refractivity contribution < 1.29 is 4.79 Å². The Morgan fingerprint density at radius 3 is 2.29 bits per heavy atom. The summed E-state index contributed by atoms with van der Waals surface area (Å²) in [7, 11) is 0. The number of rotatable bonds is 3. The van der Waals surface area contributed by atoms with Crippen LogP contribution >= 0.6 is 0 Å². The normalized spacial score (nSPS) is 14.9. The predicted molar refractivity (Wildman–Crippen MR) is 113 cm³/mol. The molecule has 6 nitrogen and oxygen atoms in total. The maximum atomic E-state index is 12.4. The maximum Gasteiger partial charge on any atom is 0.317 e. The average Bonchev–Trinajstić information content (AvgIpc) is 2.63. The number of anilines is 1. The summed E-state index contributed by atoms with van der Waals surface area (Å²) in [6.45, 7) is 12.9. The maximum absolute atomic E-state index is 12.4. The van der Waals surface area contributed by atoms with Gasteiger partial charge in [-0.3, -0.25) is 0 Å². The highest BCUT2D eigenvalue weighted by Gasteiger charge is 2.26. The third-order valence-corrected chi connectivity index (χ3v) is 4.88. The van der Waals surface area contributed by atoms with Crippen molar-refractivity contribution in [2.45, 2.75) is 46.6 Å². The molecule has 0 radical (unpaired) electrons. The van der Waals surface area contributed by atoms with Crippen LogP contribution < -0.4 is 10.2 Å². The molecule has 2 heterocycles. The molecule has 2 aromatic rings. The number of benzene rings is 1. The molecule has 0 aliphatic carbocycles. The summed E-state index contributed by atoms with van der Waals surface area (Å²) in [5.41, 5.74) is 3.23. The van der Waals surface area contributed by atoms with Gasteiger partial charge in [-0.2, -0.15) is 0 Å². The predicted octanol–water partition coefficient (Wildman–Crippen LogP) is 3.31. The molecular weight excluding hydrogens is 350 g/mol. The number of carbonyl (C=O) groups is 1. The molecule has 0 bridgehead atoms. The minimum Gasteiger partial charge on any atom is -0.353 e. The SMILES string of the molecule is Cc1nc(C)c(Cc2ccccc2)c(N2CCN(C(=O)NC(C)(C)C)CC2)n1. The number of amides is 2. The lowest BCUT2D eigenvalue weighted by Gasteiger charge is -2.37. The molecule has 1 aromatic carbocycles. The summed E-state index contributed by atoms with van der Waals surface area (Å²) in [5.74, 6) is 1.79. The van der Waals surface area contributed by atoms with Crippen molar-refractivity contribution in [1.29, 1.82) is 0 Å². The number of aromatic nitrogens is 2. The number of aryl methyl sites for hydroxylation is 2. The second kappa shape index (κ2) is 8.17. The van der Waals surface area contributed by atoms with Crippen LogP contribution in [0.25, 0.3) is 0 Å². The van der Waals surface area contributed by atoms with Gasteiger partial charge in [-0.25, -0.2) is 14.8 Å². The van der Waals surface area contributed by atoms with Crippen LogP contribution in [0.1, 0.15) is 43.4 Å². The van der Waals surface area contributed by atoms with Crippen molar-refractivity contribution in [3.63, 3.8) is 0 Å². The van der Waals surface area contributed by atoms with Gasteiger partial charge in [-0.05, 0) is 40.2 Å². The summed E-state index contributed by atoms with van der Waals surface area (Å²) in [4.78, 5) is 26.0. The van der Waals surface area contributed by atoms with Crippen LogP contribution in [0, 0.1) is 13.8 Å². The van der Waals surface area contributed by atoms with Crippen molar-refractivity contribution >= 4 is 11.8 Å². The van der Waals surface area contributed by atoms with E-state index in [4.69, 9.17) is 4.98 Å². The number of nitrogens with zero attached hydrogens (tertiary/aromatic N) is 4. The van der Waals surface area contributed by atoms with Gasteiger partial charge in [-0.1, -0.05) is 30.3 Å². The summed E-state index contributed by atoms with van der Waals surface area (Å²) in [5, 5.41) is 3.05. The molecule has 1 saturated heterocycles. The lowest BCUT2D eigenvalue weighted by molar-refractivity contribution is 0.185. The van der Waals surface area contributed by atoms with Gasteiger partial charge in [0.15, 0.2) is 0 Å². The first-order valence-electron chi connectivity index (χ1n) is 9.93. The Bertz CT molecular complexity index is 821. The fourth-order valence-corrected chi connectivity index (χ4v) is 3.51. The third kappa shape index (κ3) is 5.00. The van der Waals surface area contributed by atoms with Crippen LogP contribution in [0.5, 0.6) is 0 Å². The highest BCUT2D eigenvalue weighted by molar-refractivity contribution is 5.75. The van der Waals surface area contributed by atoms with Crippen LogP contribution in [-0.2, 0) is 6.42 Å². The van der Waals surface area contributed by atoms with Crippen LogP contribution in [0.15, 0.2) is 30.3 Å². The van der Waals surface area contributed by atoms with E-state index in [1.54, 1.807) is 0 Å². The largest absolute Gasteiger partial charge is 0.353 e. The molecule has 1 aliphatic heterocycles. The van der Waals surface area contributed by atoms with Gasteiger partial charge in [0.1, 0.15) is 11.6 Å². The molecule has 1 fully saturated rings. The van der Waals surface area contributed by atoms with Crippen LogP contribution in [-0.4, -0.2) is 52.6 Å². The minimum atomic E-state index is -0.224. The summed E-state index contributed by atoms with van der Waals surface area (Å²) >= 11 is 0. The van der Waals surface area contributed by atoms with E-state index in [2.05, 4.69) is 46.4 Å².